The first-order chi connectivity index (χ1) is 7.72. The Bertz CT molecular complexity index is 293. The summed E-state index contributed by atoms with van der Waals surface area (Å²) >= 11 is 0. The van der Waals surface area contributed by atoms with E-state index in [1.807, 2.05) is 19.2 Å². The molecule has 3 nitrogen and oxygen atoms in total. The summed E-state index contributed by atoms with van der Waals surface area (Å²) in [4.78, 5) is 2.29. The molecule has 1 aromatic rings. The Labute approximate surface area is 98.1 Å². The van der Waals surface area contributed by atoms with Gasteiger partial charge in [-0.2, -0.15) is 0 Å². The fourth-order valence-corrected chi connectivity index (χ4v) is 1.81. The van der Waals surface area contributed by atoms with Gasteiger partial charge in [0.25, 0.3) is 0 Å². The van der Waals surface area contributed by atoms with Gasteiger partial charge in [-0.3, -0.25) is 0 Å². The predicted octanol–water partition coefficient (Wildman–Crippen LogP) is 1.79. The number of rotatable bonds is 6. The van der Waals surface area contributed by atoms with Gasteiger partial charge in [0.05, 0.1) is 6.10 Å². The van der Waals surface area contributed by atoms with E-state index in [0.717, 1.165) is 18.7 Å². The molecule has 0 radical (unpaired) electrons. The quantitative estimate of drug-likeness (QED) is 0.770. The molecule has 0 saturated carbocycles. The molecule has 1 aromatic carbocycles. The number of likely N-dealkylation sites (N-methyl/N-ethyl adjacent to an activating group) is 1. The number of aliphatic hydroxyl groups excluding tert-OH is 1. The van der Waals surface area contributed by atoms with E-state index in [1.165, 1.54) is 5.69 Å². The SMILES string of the molecule is CCN(CC)c1ccc(C(O)CNC)cc1. The second kappa shape index (κ2) is 6.51. The summed E-state index contributed by atoms with van der Waals surface area (Å²) in [6.07, 6.45) is -0.421. The van der Waals surface area contributed by atoms with E-state index in [-0.39, 0.29) is 0 Å². The number of hydrogen-bond donors (Lipinski definition) is 2. The fourth-order valence-electron chi connectivity index (χ4n) is 1.81. The molecule has 3 heteroatoms. The molecule has 1 rings (SSSR count). The summed E-state index contributed by atoms with van der Waals surface area (Å²) in [7, 11) is 1.84. The van der Waals surface area contributed by atoms with Crippen LogP contribution in [0.2, 0.25) is 0 Å². The summed E-state index contributed by atoms with van der Waals surface area (Å²) in [5.41, 5.74) is 2.18. The van der Waals surface area contributed by atoms with Crippen LogP contribution in [0.1, 0.15) is 25.5 Å². The van der Waals surface area contributed by atoms with Crippen LogP contribution in [0.5, 0.6) is 0 Å². The lowest BCUT2D eigenvalue weighted by Gasteiger charge is -2.21. The average molecular weight is 222 g/mol. The molecule has 0 amide bonds. The van der Waals surface area contributed by atoms with Crippen LogP contribution in [0.4, 0.5) is 5.69 Å². The molecule has 1 atom stereocenters. The summed E-state index contributed by atoms with van der Waals surface area (Å²) in [6, 6.07) is 8.13. The van der Waals surface area contributed by atoms with Gasteiger partial charge in [0, 0.05) is 25.3 Å². The number of nitrogens with one attached hydrogen (secondary N) is 1. The highest BCUT2D eigenvalue weighted by Gasteiger charge is 2.07. The van der Waals surface area contributed by atoms with Gasteiger partial charge in [-0.25, -0.2) is 0 Å². The summed E-state index contributed by atoms with van der Waals surface area (Å²) < 4.78 is 0. The largest absolute Gasteiger partial charge is 0.387 e. The van der Waals surface area contributed by atoms with E-state index in [1.54, 1.807) is 0 Å². The lowest BCUT2D eigenvalue weighted by atomic mass is 10.1. The van der Waals surface area contributed by atoms with Gasteiger partial charge < -0.3 is 15.3 Å². The summed E-state index contributed by atoms with van der Waals surface area (Å²) in [6.45, 7) is 6.90. The molecular weight excluding hydrogens is 200 g/mol. The maximum atomic E-state index is 9.79. The van der Waals surface area contributed by atoms with Crippen molar-refractivity contribution in [3.05, 3.63) is 29.8 Å². The van der Waals surface area contributed by atoms with Crippen molar-refractivity contribution in [3.8, 4) is 0 Å². The van der Waals surface area contributed by atoms with Gasteiger partial charge in [-0.1, -0.05) is 12.1 Å². The Balaban J connectivity index is 2.74. The smallest absolute Gasteiger partial charge is 0.0914 e. The van der Waals surface area contributed by atoms with Crippen LogP contribution in [0.25, 0.3) is 0 Å². The maximum absolute atomic E-state index is 9.79. The molecule has 0 aliphatic heterocycles. The van der Waals surface area contributed by atoms with Crippen molar-refractivity contribution >= 4 is 5.69 Å². The minimum atomic E-state index is -0.421. The van der Waals surface area contributed by atoms with Gasteiger partial charge in [-0.05, 0) is 38.6 Å². The number of hydrogen-bond acceptors (Lipinski definition) is 3. The standard InChI is InChI=1S/C13H22N2O/c1-4-15(5-2)12-8-6-11(7-9-12)13(16)10-14-3/h6-9,13-14,16H,4-5,10H2,1-3H3. The summed E-state index contributed by atoms with van der Waals surface area (Å²) in [5.74, 6) is 0. The van der Waals surface area contributed by atoms with Crippen molar-refractivity contribution in [1.29, 1.82) is 0 Å². The molecule has 90 valence electrons. The van der Waals surface area contributed by atoms with Crippen LogP contribution in [-0.2, 0) is 0 Å². The molecule has 0 aliphatic rings. The highest BCUT2D eigenvalue weighted by atomic mass is 16.3. The minimum absolute atomic E-state index is 0.421. The third-order valence-electron chi connectivity index (χ3n) is 2.80. The van der Waals surface area contributed by atoms with E-state index in [2.05, 4.69) is 36.2 Å². The fraction of sp³-hybridized carbons (Fsp3) is 0.538. The van der Waals surface area contributed by atoms with Crippen LogP contribution in [0.3, 0.4) is 0 Å². The van der Waals surface area contributed by atoms with E-state index in [0.29, 0.717) is 6.54 Å². The molecule has 16 heavy (non-hydrogen) atoms. The lowest BCUT2D eigenvalue weighted by Crippen LogP contribution is -2.22. The lowest BCUT2D eigenvalue weighted by molar-refractivity contribution is 0.178. The second-order valence-corrected chi connectivity index (χ2v) is 3.84. The highest BCUT2D eigenvalue weighted by molar-refractivity contribution is 5.47. The number of nitrogens with zero attached hydrogens (tertiary/aromatic N) is 1. The van der Waals surface area contributed by atoms with E-state index in [4.69, 9.17) is 0 Å². The third-order valence-corrected chi connectivity index (χ3v) is 2.80. The number of aliphatic hydroxyl groups is 1. The predicted molar refractivity (Wildman–Crippen MR) is 68.9 cm³/mol. The second-order valence-electron chi connectivity index (χ2n) is 3.84. The van der Waals surface area contributed by atoms with Crippen LogP contribution in [0.15, 0.2) is 24.3 Å². The molecule has 0 aromatic heterocycles. The first kappa shape index (κ1) is 13.0. The van der Waals surface area contributed by atoms with E-state index >= 15 is 0 Å². The first-order valence-electron chi connectivity index (χ1n) is 5.90. The molecule has 2 N–H and O–H groups in total. The number of anilines is 1. The van der Waals surface area contributed by atoms with E-state index in [9.17, 15) is 5.11 Å². The van der Waals surface area contributed by atoms with E-state index < -0.39 is 6.10 Å². The molecule has 0 bridgehead atoms. The van der Waals surface area contributed by atoms with Gasteiger partial charge in [-0.15, -0.1) is 0 Å². The normalized spacial score (nSPS) is 12.5. The van der Waals surface area contributed by atoms with Crippen LogP contribution in [0, 0.1) is 0 Å². The van der Waals surface area contributed by atoms with Crippen molar-refractivity contribution in [3.63, 3.8) is 0 Å². The van der Waals surface area contributed by atoms with Crippen LogP contribution < -0.4 is 10.2 Å². The van der Waals surface area contributed by atoms with Crippen molar-refractivity contribution in [2.45, 2.75) is 20.0 Å². The topological polar surface area (TPSA) is 35.5 Å². The summed E-state index contributed by atoms with van der Waals surface area (Å²) in [5, 5.41) is 12.8. The molecule has 1 unspecified atom stereocenters. The van der Waals surface area contributed by atoms with Gasteiger partial charge in [0.2, 0.25) is 0 Å². The zero-order chi connectivity index (χ0) is 12.0. The Kier molecular flexibility index (Phi) is 5.29. The highest BCUT2D eigenvalue weighted by Crippen LogP contribution is 2.18. The minimum Gasteiger partial charge on any atom is -0.387 e. The Morgan fingerprint density at radius 2 is 1.75 bits per heavy atom. The Morgan fingerprint density at radius 3 is 2.19 bits per heavy atom. The molecule has 0 fully saturated rings. The monoisotopic (exact) mass is 222 g/mol. The van der Waals surface area contributed by atoms with Crippen LogP contribution >= 0.6 is 0 Å². The maximum Gasteiger partial charge on any atom is 0.0914 e. The third kappa shape index (κ3) is 3.22. The van der Waals surface area contributed by atoms with Crippen molar-refractivity contribution in [2.75, 3.05) is 31.6 Å². The van der Waals surface area contributed by atoms with Gasteiger partial charge in [0.1, 0.15) is 0 Å². The zero-order valence-electron chi connectivity index (χ0n) is 10.4. The molecular formula is C13H22N2O. The molecule has 0 saturated heterocycles. The molecule has 0 spiro atoms. The van der Waals surface area contributed by atoms with Crippen molar-refractivity contribution in [2.24, 2.45) is 0 Å². The van der Waals surface area contributed by atoms with Gasteiger partial charge in [0.15, 0.2) is 0 Å². The van der Waals surface area contributed by atoms with Crippen LogP contribution in [-0.4, -0.2) is 31.8 Å². The average Bonchev–Trinajstić information content (AvgIpc) is 2.32. The zero-order valence-corrected chi connectivity index (χ0v) is 10.4. The van der Waals surface area contributed by atoms with Gasteiger partial charge >= 0.3 is 0 Å². The first-order valence-corrected chi connectivity index (χ1v) is 5.90. The molecule has 0 heterocycles. The van der Waals surface area contributed by atoms with Crippen molar-refractivity contribution in [1.82, 2.24) is 5.32 Å². The molecule has 0 aliphatic carbocycles. The Morgan fingerprint density at radius 1 is 1.19 bits per heavy atom. The van der Waals surface area contributed by atoms with Crippen molar-refractivity contribution < 1.29 is 5.11 Å². The Hall–Kier alpha value is -1.06. The number of benzene rings is 1.